The second-order valence-electron chi connectivity index (χ2n) is 1.85. The van der Waals surface area contributed by atoms with Gasteiger partial charge < -0.3 is 0 Å². The van der Waals surface area contributed by atoms with Crippen LogP contribution in [0.3, 0.4) is 0 Å². The van der Waals surface area contributed by atoms with Gasteiger partial charge in [-0.15, -0.1) is 0 Å². The minimum Gasteiger partial charge on any atom is -0.278 e. The Balaban J connectivity index is 4.04. The molecule has 0 aromatic rings. The van der Waals surface area contributed by atoms with Crippen LogP contribution in [0.25, 0.3) is 0 Å². The Labute approximate surface area is 63.3 Å². The number of hydrogen-bond acceptors (Lipinski definition) is 3. The van der Waals surface area contributed by atoms with Gasteiger partial charge in [-0.2, -0.15) is 0 Å². The molecule has 6 nitrogen and oxygen atoms in total. The van der Waals surface area contributed by atoms with Crippen molar-refractivity contribution in [3.05, 3.63) is 0 Å². The first-order chi connectivity index (χ1) is 4.95. The molecule has 0 aliphatic heterocycles. The van der Waals surface area contributed by atoms with Gasteiger partial charge in [-0.05, 0) is 0 Å². The van der Waals surface area contributed by atoms with E-state index in [4.69, 9.17) is 5.73 Å². The van der Waals surface area contributed by atoms with Crippen LogP contribution in [0.1, 0.15) is 6.92 Å². The molecule has 0 rings (SSSR count). The average molecular weight is 158 g/mol. The van der Waals surface area contributed by atoms with E-state index in [9.17, 15) is 14.4 Å². The van der Waals surface area contributed by atoms with Crippen LogP contribution in [0.5, 0.6) is 0 Å². The smallest absolute Gasteiger partial charge is 0.278 e. The summed E-state index contributed by atoms with van der Waals surface area (Å²) in [6.07, 6.45) is 0. The first kappa shape index (κ1) is 9.41. The van der Waals surface area contributed by atoms with E-state index in [1.54, 1.807) is 0 Å². The fourth-order valence-electron chi connectivity index (χ4n) is 0.327. The van der Waals surface area contributed by atoms with Gasteiger partial charge in [0.25, 0.3) is 0 Å². The van der Waals surface area contributed by atoms with Gasteiger partial charge in [0.2, 0.25) is 5.91 Å². The number of carbonyl (C=O) groups is 3. The van der Waals surface area contributed by atoms with Crippen LogP contribution in [-0.2, 0) is 4.79 Å². The standard InChI is InChI=1S/C5H8N3O3/c1-3(9)7-5(11)8(2)4(6)10/h6H,1-2H3,(H,7,9,11). The van der Waals surface area contributed by atoms with E-state index in [1.165, 1.54) is 0 Å². The number of carbonyl (C=O) groups excluding carboxylic acids is 3. The number of imide groups is 2. The van der Waals surface area contributed by atoms with Crippen molar-refractivity contribution in [2.24, 2.45) is 0 Å². The third kappa shape index (κ3) is 3.19. The van der Waals surface area contributed by atoms with Crippen LogP contribution >= 0.6 is 0 Å². The summed E-state index contributed by atoms with van der Waals surface area (Å²) in [6, 6.07) is -2.05. The Hall–Kier alpha value is -1.59. The van der Waals surface area contributed by atoms with Gasteiger partial charge >= 0.3 is 12.1 Å². The van der Waals surface area contributed by atoms with E-state index in [2.05, 4.69) is 0 Å². The van der Waals surface area contributed by atoms with Crippen molar-refractivity contribution in [3.63, 3.8) is 0 Å². The zero-order valence-electron chi connectivity index (χ0n) is 6.17. The molecule has 0 atom stereocenters. The molecule has 0 saturated heterocycles. The first-order valence-corrected chi connectivity index (χ1v) is 2.76. The van der Waals surface area contributed by atoms with E-state index in [1.807, 2.05) is 5.32 Å². The predicted molar refractivity (Wildman–Crippen MR) is 35.5 cm³/mol. The fourth-order valence-corrected chi connectivity index (χ4v) is 0.327. The molecule has 0 spiro atoms. The van der Waals surface area contributed by atoms with Gasteiger partial charge in [0, 0.05) is 14.0 Å². The normalized spacial score (nSPS) is 8.55. The molecule has 0 bridgehead atoms. The monoisotopic (exact) mass is 158 g/mol. The molecule has 0 aliphatic carbocycles. The summed E-state index contributed by atoms with van der Waals surface area (Å²) in [4.78, 5) is 31.6. The molecule has 0 unspecified atom stereocenters. The lowest BCUT2D eigenvalue weighted by Crippen LogP contribution is -2.42. The molecule has 0 saturated carbocycles. The summed E-state index contributed by atoms with van der Waals surface area (Å²) >= 11 is 0. The maximum Gasteiger partial charge on any atom is 0.344 e. The van der Waals surface area contributed by atoms with Crippen molar-refractivity contribution in [1.82, 2.24) is 16.0 Å². The number of urea groups is 2. The molecule has 6 heteroatoms. The van der Waals surface area contributed by atoms with E-state index >= 15 is 0 Å². The molecule has 11 heavy (non-hydrogen) atoms. The fraction of sp³-hybridized carbons (Fsp3) is 0.400. The summed E-state index contributed by atoms with van der Waals surface area (Å²) in [5.74, 6) is -0.567. The molecule has 1 radical (unpaired) electrons. The molecular formula is C5H8N3O3. The highest BCUT2D eigenvalue weighted by atomic mass is 16.2. The van der Waals surface area contributed by atoms with Crippen molar-refractivity contribution in [1.29, 1.82) is 0 Å². The maximum atomic E-state index is 10.6. The summed E-state index contributed by atoms with van der Waals surface area (Å²) in [6.45, 7) is 1.14. The lowest BCUT2D eigenvalue weighted by Gasteiger charge is -2.09. The Morgan fingerprint density at radius 1 is 1.36 bits per heavy atom. The highest BCUT2D eigenvalue weighted by Crippen LogP contribution is 1.83. The van der Waals surface area contributed by atoms with Crippen molar-refractivity contribution >= 4 is 18.0 Å². The molecule has 2 N–H and O–H groups in total. The minimum atomic E-state index is -1.16. The van der Waals surface area contributed by atoms with E-state index < -0.39 is 18.0 Å². The molecule has 0 heterocycles. The van der Waals surface area contributed by atoms with Crippen LogP contribution < -0.4 is 11.1 Å². The highest BCUT2D eigenvalue weighted by Gasteiger charge is 2.14. The van der Waals surface area contributed by atoms with Gasteiger partial charge in [-0.3, -0.25) is 10.1 Å². The van der Waals surface area contributed by atoms with Crippen LogP contribution in [-0.4, -0.2) is 29.9 Å². The third-order valence-corrected chi connectivity index (χ3v) is 0.892. The van der Waals surface area contributed by atoms with Gasteiger partial charge in [-0.1, -0.05) is 0 Å². The van der Waals surface area contributed by atoms with Gasteiger partial charge in [-0.25, -0.2) is 20.2 Å². The zero-order chi connectivity index (χ0) is 9.02. The van der Waals surface area contributed by atoms with E-state index in [-0.39, 0.29) is 0 Å². The molecule has 5 amide bonds. The van der Waals surface area contributed by atoms with Crippen LogP contribution in [0.4, 0.5) is 9.59 Å². The summed E-state index contributed by atoms with van der Waals surface area (Å²) in [5, 5.41) is 1.83. The summed E-state index contributed by atoms with van der Waals surface area (Å²) in [7, 11) is 1.10. The molecule has 61 valence electrons. The van der Waals surface area contributed by atoms with E-state index in [0.717, 1.165) is 14.0 Å². The lowest BCUT2D eigenvalue weighted by atomic mass is 10.6. The summed E-state index contributed by atoms with van der Waals surface area (Å²) < 4.78 is 0. The first-order valence-electron chi connectivity index (χ1n) is 2.76. The van der Waals surface area contributed by atoms with Crippen LogP contribution in [0.15, 0.2) is 0 Å². The molecule has 0 aromatic heterocycles. The quantitative estimate of drug-likeness (QED) is 0.519. The van der Waals surface area contributed by atoms with Crippen molar-refractivity contribution < 1.29 is 14.4 Å². The lowest BCUT2D eigenvalue weighted by molar-refractivity contribution is -0.118. The minimum absolute atomic E-state index is 0.488. The number of rotatable bonds is 0. The van der Waals surface area contributed by atoms with Crippen molar-refractivity contribution in [2.45, 2.75) is 6.92 Å². The van der Waals surface area contributed by atoms with E-state index in [0.29, 0.717) is 4.90 Å². The zero-order valence-corrected chi connectivity index (χ0v) is 6.17. The topological polar surface area (TPSA) is 90.3 Å². The molecular weight excluding hydrogens is 150 g/mol. The summed E-state index contributed by atoms with van der Waals surface area (Å²) in [5.41, 5.74) is 6.47. The van der Waals surface area contributed by atoms with Gasteiger partial charge in [0.15, 0.2) is 0 Å². The molecule has 0 aliphatic rings. The average Bonchev–Trinajstić information content (AvgIpc) is 1.84. The number of nitrogens with zero attached hydrogens (tertiary/aromatic N) is 1. The molecule has 0 aromatic carbocycles. The Kier molecular flexibility index (Phi) is 3.03. The third-order valence-electron chi connectivity index (χ3n) is 0.892. The van der Waals surface area contributed by atoms with Crippen LogP contribution in [0, 0.1) is 0 Å². The second-order valence-corrected chi connectivity index (χ2v) is 1.85. The maximum absolute atomic E-state index is 10.6. The van der Waals surface area contributed by atoms with Crippen LogP contribution in [0.2, 0.25) is 0 Å². The number of nitrogens with one attached hydrogen (secondary N) is 2. The van der Waals surface area contributed by atoms with Crippen molar-refractivity contribution in [2.75, 3.05) is 7.05 Å². The molecule has 0 fully saturated rings. The second kappa shape index (κ2) is 3.55. The Bertz CT molecular complexity index is 201. The number of hydrogen-bond donors (Lipinski definition) is 1. The largest absolute Gasteiger partial charge is 0.344 e. The highest BCUT2D eigenvalue weighted by molar-refractivity contribution is 6.00. The van der Waals surface area contributed by atoms with Gasteiger partial charge in [0.05, 0.1) is 0 Å². The Morgan fingerprint density at radius 2 is 1.82 bits per heavy atom. The van der Waals surface area contributed by atoms with Gasteiger partial charge in [0.1, 0.15) is 0 Å². The SMILES string of the molecule is CC(=O)NC(=O)N(C)C([NH])=O. The number of amides is 5. The predicted octanol–water partition coefficient (Wildman–Crippen LogP) is -0.423. The Morgan fingerprint density at radius 3 is 2.09 bits per heavy atom. The van der Waals surface area contributed by atoms with Crippen molar-refractivity contribution in [3.8, 4) is 0 Å².